The largest absolute Gasteiger partial charge is 0.467 e. The molecule has 0 heterocycles. The number of amides is 1. The summed E-state index contributed by atoms with van der Waals surface area (Å²) in [6.07, 6.45) is 0.370. The van der Waals surface area contributed by atoms with E-state index >= 15 is 0 Å². The van der Waals surface area contributed by atoms with E-state index in [2.05, 4.69) is 4.74 Å². The van der Waals surface area contributed by atoms with E-state index in [4.69, 9.17) is 4.74 Å². The third-order valence-electron chi connectivity index (χ3n) is 2.41. The second-order valence-corrected chi connectivity index (χ2v) is 5.04. The minimum Gasteiger partial charge on any atom is -0.467 e. The van der Waals surface area contributed by atoms with E-state index in [0.717, 1.165) is 0 Å². The fraction of sp³-hybridized carbons (Fsp3) is 0.769. The fourth-order valence-corrected chi connectivity index (χ4v) is 1.59. The van der Waals surface area contributed by atoms with E-state index in [-0.39, 0.29) is 6.54 Å². The second kappa shape index (κ2) is 7.11. The zero-order valence-corrected chi connectivity index (χ0v) is 12.5. The van der Waals surface area contributed by atoms with Crippen LogP contribution in [0.2, 0.25) is 0 Å². The average molecular weight is 273 g/mol. The molecule has 0 aromatic rings. The highest BCUT2D eigenvalue weighted by Gasteiger charge is 2.34. The summed E-state index contributed by atoms with van der Waals surface area (Å²) in [4.78, 5) is 36.5. The Bertz CT molecular complexity index is 345. The Morgan fingerprint density at radius 2 is 1.68 bits per heavy atom. The van der Waals surface area contributed by atoms with Gasteiger partial charge in [-0.2, -0.15) is 0 Å². The predicted octanol–water partition coefficient (Wildman–Crippen LogP) is 1.13. The highest BCUT2D eigenvalue weighted by Crippen LogP contribution is 2.11. The molecule has 1 amide bonds. The van der Waals surface area contributed by atoms with Crippen LogP contribution >= 0.6 is 0 Å². The highest BCUT2D eigenvalue weighted by atomic mass is 16.6. The summed E-state index contributed by atoms with van der Waals surface area (Å²) in [7, 11) is 1.25. The van der Waals surface area contributed by atoms with Crippen molar-refractivity contribution < 1.29 is 23.9 Å². The molecule has 110 valence electrons. The van der Waals surface area contributed by atoms with Crippen LogP contribution in [0.1, 0.15) is 41.0 Å². The molecular formula is C13H23NO5. The molecule has 0 unspecified atom stereocenters. The third-order valence-corrected chi connectivity index (χ3v) is 2.41. The van der Waals surface area contributed by atoms with Gasteiger partial charge in [0.2, 0.25) is 0 Å². The molecule has 6 nitrogen and oxygen atoms in total. The lowest BCUT2D eigenvalue weighted by atomic mass is 10.1. The number of hydrogen-bond donors (Lipinski definition) is 0. The molecule has 0 saturated heterocycles. The van der Waals surface area contributed by atoms with Gasteiger partial charge in [0.05, 0.1) is 7.11 Å². The van der Waals surface area contributed by atoms with Crippen molar-refractivity contribution in [2.75, 3.05) is 13.7 Å². The molecule has 0 aliphatic rings. The zero-order valence-electron chi connectivity index (χ0n) is 12.5. The molecule has 0 spiro atoms. The molecule has 0 aromatic carbocycles. The van der Waals surface area contributed by atoms with Gasteiger partial charge in [-0.05, 0) is 34.1 Å². The number of rotatable bonds is 4. The van der Waals surface area contributed by atoms with Crippen molar-refractivity contribution in [1.29, 1.82) is 0 Å². The Hall–Kier alpha value is -1.59. The normalized spacial score (nSPS) is 12.5. The van der Waals surface area contributed by atoms with Crippen LogP contribution in [-0.2, 0) is 23.9 Å². The van der Waals surface area contributed by atoms with Crippen LogP contribution in [0.5, 0.6) is 0 Å². The van der Waals surface area contributed by atoms with Crippen LogP contribution in [0.4, 0.5) is 0 Å². The monoisotopic (exact) mass is 273 g/mol. The van der Waals surface area contributed by atoms with E-state index in [1.54, 1.807) is 34.6 Å². The Kier molecular flexibility index (Phi) is 6.52. The third kappa shape index (κ3) is 5.28. The first-order chi connectivity index (χ1) is 8.67. The van der Waals surface area contributed by atoms with E-state index < -0.39 is 29.5 Å². The molecule has 0 bridgehead atoms. The van der Waals surface area contributed by atoms with Crippen LogP contribution in [0.25, 0.3) is 0 Å². The molecule has 19 heavy (non-hydrogen) atoms. The number of esters is 2. The molecule has 0 aliphatic heterocycles. The standard InChI is InChI=1S/C13H23NO5/c1-7-9(11(16)18-6)14(8-2)10(15)12(17)19-13(3,4)5/h9H,7-8H2,1-6H3/t9-/m0/s1. The molecule has 0 aliphatic carbocycles. The van der Waals surface area contributed by atoms with Crippen molar-refractivity contribution >= 4 is 17.8 Å². The first-order valence-corrected chi connectivity index (χ1v) is 6.29. The lowest BCUT2D eigenvalue weighted by Crippen LogP contribution is -2.49. The summed E-state index contributed by atoms with van der Waals surface area (Å²) < 4.78 is 9.64. The molecule has 0 fully saturated rings. The number of ether oxygens (including phenoxy) is 2. The van der Waals surface area contributed by atoms with E-state index in [9.17, 15) is 14.4 Å². The van der Waals surface area contributed by atoms with Crippen molar-refractivity contribution in [3.63, 3.8) is 0 Å². The number of nitrogens with zero attached hydrogens (tertiary/aromatic N) is 1. The smallest absolute Gasteiger partial charge is 0.397 e. The molecular weight excluding hydrogens is 250 g/mol. The first kappa shape index (κ1) is 17.4. The summed E-state index contributed by atoms with van der Waals surface area (Å²) in [5, 5.41) is 0. The van der Waals surface area contributed by atoms with Crippen LogP contribution < -0.4 is 0 Å². The maximum absolute atomic E-state index is 12.0. The topological polar surface area (TPSA) is 72.9 Å². The molecule has 0 rings (SSSR count). The van der Waals surface area contributed by atoms with Gasteiger partial charge < -0.3 is 14.4 Å². The summed E-state index contributed by atoms with van der Waals surface area (Å²) in [5.74, 6) is -2.33. The van der Waals surface area contributed by atoms with Crippen molar-refractivity contribution in [3.05, 3.63) is 0 Å². The maximum Gasteiger partial charge on any atom is 0.397 e. The van der Waals surface area contributed by atoms with Gasteiger partial charge in [0.1, 0.15) is 11.6 Å². The Balaban J connectivity index is 4.99. The quantitative estimate of drug-likeness (QED) is 0.567. The predicted molar refractivity (Wildman–Crippen MR) is 69.3 cm³/mol. The molecule has 6 heteroatoms. The van der Waals surface area contributed by atoms with Gasteiger partial charge in [0.25, 0.3) is 0 Å². The highest BCUT2D eigenvalue weighted by molar-refractivity contribution is 6.32. The number of carbonyl (C=O) groups excluding carboxylic acids is 3. The van der Waals surface area contributed by atoms with Crippen LogP contribution in [0, 0.1) is 0 Å². The van der Waals surface area contributed by atoms with E-state index in [1.165, 1.54) is 12.0 Å². The Morgan fingerprint density at radius 3 is 2.00 bits per heavy atom. The van der Waals surface area contributed by atoms with Crippen LogP contribution in [0.3, 0.4) is 0 Å². The van der Waals surface area contributed by atoms with Gasteiger partial charge in [0, 0.05) is 6.54 Å². The lowest BCUT2D eigenvalue weighted by molar-refractivity contribution is -0.171. The minimum absolute atomic E-state index is 0.228. The van der Waals surface area contributed by atoms with Crippen molar-refractivity contribution in [2.24, 2.45) is 0 Å². The first-order valence-electron chi connectivity index (χ1n) is 6.29. The SMILES string of the molecule is CC[C@@H](C(=O)OC)N(CC)C(=O)C(=O)OC(C)(C)C. The van der Waals surface area contributed by atoms with Gasteiger partial charge in [0.15, 0.2) is 0 Å². The van der Waals surface area contributed by atoms with Gasteiger partial charge in [-0.25, -0.2) is 9.59 Å². The molecule has 0 aromatic heterocycles. The zero-order chi connectivity index (χ0) is 15.2. The number of methoxy groups -OCH3 is 1. The molecule has 0 saturated carbocycles. The second-order valence-electron chi connectivity index (χ2n) is 5.04. The van der Waals surface area contributed by atoms with Gasteiger partial charge in [-0.1, -0.05) is 6.92 Å². The summed E-state index contributed by atoms with van der Waals surface area (Å²) in [6.45, 7) is 8.68. The van der Waals surface area contributed by atoms with E-state index in [1.807, 2.05) is 0 Å². The summed E-state index contributed by atoms with van der Waals surface area (Å²) >= 11 is 0. The fourth-order valence-electron chi connectivity index (χ4n) is 1.59. The average Bonchev–Trinajstić information content (AvgIpc) is 2.31. The van der Waals surface area contributed by atoms with Gasteiger partial charge >= 0.3 is 17.8 Å². The molecule has 0 radical (unpaired) electrons. The Labute approximate surface area is 114 Å². The number of hydrogen-bond acceptors (Lipinski definition) is 5. The molecule has 0 N–H and O–H groups in total. The van der Waals surface area contributed by atoms with Gasteiger partial charge in [-0.3, -0.25) is 4.79 Å². The lowest BCUT2D eigenvalue weighted by Gasteiger charge is -2.28. The number of carbonyl (C=O) groups is 3. The van der Waals surface area contributed by atoms with Crippen molar-refractivity contribution in [1.82, 2.24) is 4.90 Å². The van der Waals surface area contributed by atoms with Gasteiger partial charge in [-0.15, -0.1) is 0 Å². The minimum atomic E-state index is -0.961. The van der Waals surface area contributed by atoms with Crippen LogP contribution in [-0.4, -0.2) is 48.0 Å². The maximum atomic E-state index is 12.0. The van der Waals surface area contributed by atoms with Crippen molar-refractivity contribution in [2.45, 2.75) is 52.7 Å². The summed E-state index contributed by atoms with van der Waals surface area (Å²) in [6, 6.07) is -0.769. The molecule has 1 atom stereocenters. The van der Waals surface area contributed by atoms with Crippen LogP contribution in [0.15, 0.2) is 0 Å². The Morgan fingerprint density at radius 1 is 1.16 bits per heavy atom. The summed E-state index contributed by atoms with van der Waals surface area (Å²) in [5.41, 5.74) is -0.751. The van der Waals surface area contributed by atoms with Crippen molar-refractivity contribution in [3.8, 4) is 0 Å². The van der Waals surface area contributed by atoms with E-state index in [0.29, 0.717) is 6.42 Å². The number of likely N-dealkylation sites (N-methyl/N-ethyl adjacent to an activating group) is 1.